The van der Waals surface area contributed by atoms with Gasteiger partial charge in [-0.05, 0) is 83.7 Å². The first-order valence-electron chi connectivity index (χ1n) is 12.1. The first-order chi connectivity index (χ1) is 15.6. The number of benzene rings is 1. The van der Waals surface area contributed by atoms with E-state index in [0.717, 1.165) is 37.9 Å². The minimum Gasteiger partial charge on any atom is -0.444 e. The topological polar surface area (TPSA) is 53.1 Å². The van der Waals surface area contributed by atoms with Gasteiger partial charge in [0.1, 0.15) is 5.60 Å². The molecule has 182 valence electrons. The fourth-order valence-electron chi connectivity index (χ4n) is 5.66. The third kappa shape index (κ3) is 5.60. The molecule has 1 aliphatic carbocycles. The number of fused-ring (bicyclic) bond motifs is 1. The quantitative estimate of drug-likeness (QED) is 0.591. The Morgan fingerprint density at radius 1 is 0.939 bits per heavy atom. The molecule has 0 N–H and O–H groups in total. The summed E-state index contributed by atoms with van der Waals surface area (Å²) in [5.74, 6) is 0.0818. The molecule has 2 amide bonds. The van der Waals surface area contributed by atoms with Gasteiger partial charge in [-0.3, -0.25) is 9.69 Å². The molecule has 0 radical (unpaired) electrons. The van der Waals surface area contributed by atoms with Gasteiger partial charge in [0, 0.05) is 19.1 Å². The highest BCUT2D eigenvalue weighted by Crippen LogP contribution is 2.36. The van der Waals surface area contributed by atoms with Gasteiger partial charge >= 0.3 is 6.09 Å². The number of hydrogen-bond acceptors (Lipinski definition) is 4. The van der Waals surface area contributed by atoms with Crippen molar-refractivity contribution in [3.63, 3.8) is 0 Å². The van der Waals surface area contributed by atoms with E-state index in [9.17, 15) is 9.59 Å². The normalized spacial score (nSPS) is 26.3. The van der Waals surface area contributed by atoms with E-state index in [1.165, 1.54) is 12.8 Å². The standard InChI is InChI=1S/C25H35Cl2N3O3/c1-25(2,3)33-24(32)29-13-14-30(22(31)16-17-9-10-18(26)19(27)15-17)23-20(7-6-8-21(23)29)28-11-4-5-12-28/h9-10,15,20-21,23H,4-8,11-14,16H2,1-3H3. The number of nitrogens with zero attached hydrogens (tertiary/aromatic N) is 3. The third-order valence-electron chi connectivity index (χ3n) is 7.03. The van der Waals surface area contributed by atoms with Crippen LogP contribution in [-0.2, 0) is 16.0 Å². The van der Waals surface area contributed by atoms with Crippen LogP contribution < -0.4 is 0 Å². The molecule has 2 heterocycles. The van der Waals surface area contributed by atoms with Gasteiger partial charge < -0.3 is 14.5 Å². The average molecular weight is 496 g/mol. The number of hydrogen-bond donors (Lipinski definition) is 0. The number of ether oxygens (including phenoxy) is 1. The van der Waals surface area contributed by atoms with Crippen molar-refractivity contribution in [2.75, 3.05) is 26.2 Å². The second kappa shape index (κ2) is 10.0. The smallest absolute Gasteiger partial charge is 0.410 e. The average Bonchev–Trinajstić information content (AvgIpc) is 3.28. The molecule has 2 saturated heterocycles. The van der Waals surface area contributed by atoms with E-state index in [1.807, 2.05) is 36.6 Å². The maximum Gasteiger partial charge on any atom is 0.410 e. The Morgan fingerprint density at radius 3 is 2.27 bits per heavy atom. The summed E-state index contributed by atoms with van der Waals surface area (Å²) in [6, 6.07) is 5.60. The van der Waals surface area contributed by atoms with Crippen molar-refractivity contribution < 1.29 is 14.3 Å². The number of amides is 2. The van der Waals surface area contributed by atoms with Crippen molar-refractivity contribution in [1.29, 1.82) is 0 Å². The van der Waals surface area contributed by atoms with Crippen LogP contribution in [-0.4, -0.2) is 76.6 Å². The van der Waals surface area contributed by atoms with E-state index in [2.05, 4.69) is 4.90 Å². The van der Waals surface area contributed by atoms with Crippen LogP contribution in [0.1, 0.15) is 58.4 Å². The molecule has 3 unspecified atom stereocenters. The van der Waals surface area contributed by atoms with Crippen molar-refractivity contribution in [1.82, 2.24) is 14.7 Å². The van der Waals surface area contributed by atoms with E-state index < -0.39 is 5.60 Å². The molecule has 33 heavy (non-hydrogen) atoms. The summed E-state index contributed by atoms with van der Waals surface area (Å²) >= 11 is 12.2. The van der Waals surface area contributed by atoms with Crippen molar-refractivity contribution in [2.24, 2.45) is 0 Å². The Balaban J connectivity index is 1.59. The van der Waals surface area contributed by atoms with E-state index >= 15 is 0 Å². The Hall–Kier alpha value is -1.50. The molecular weight excluding hydrogens is 461 g/mol. The van der Waals surface area contributed by atoms with Crippen LogP contribution in [0.5, 0.6) is 0 Å². The van der Waals surface area contributed by atoms with Crippen molar-refractivity contribution in [3.8, 4) is 0 Å². The lowest BCUT2D eigenvalue weighted by atomic mass is 9.81. The van der Waals surface area contributed by atoms with Gasteiger partial charge in [-0.15, -0.1) is 0 Å². The van der Waals surface area contributed by atoms with Gasteiger partial charge in [0.25, 0.3) is 0 Å². The molecule has 1 aromatic carbocycles. The van der Waals surface area contributed by atoms with Gasteiger partial charge in [-0.2, -0.15) is 0 Å². The van der Waals surface area contributed by atoms with Crippen molar-refractivity contribution in [2.45, 2.75) is 83.0 Å². The fraction of sp³-hybridized carbons (Fsp3) is 0.680. The molecule has 3 fully saturated rings. The number of likely N-dealkylation sites (tertiary alicyclic amines) is 1. The number of carbonyl (C=O) groups excluding carboxylic acids is 2. The van der Waals surface area contributed by atoms with Crippen LogP contribution in [0, 0.1) is 0 Å². The lowest BCUT2D eigenvalue weighted by Crippen LogP contribution is -2.69. The monoisotopic (exact) mass is 495 g/mol. The first-order valence-corrected chi connectivity index (χ1v) is 12.9. The molecule has 2 aliphatic heterocycles. The summed E-state index contributed by atoms with van der Waals surface area (Å²) < 4.78 is 5.75. The number of carbonyl (C=O) groups is 2. The molecule has 4 rings (SSSR count). The fourth-order valence-corrected chi connectivity index (χ4v) is 5.98. The molecule has 0 spiro atoms. The van der Waals surface area contributed by atoms with E-state index in [4.69, 9.17) is 27.9 Å². The predicted octanol–water partition coefficient (Wildman–Crippen LogP) is 5.00. The largest absolute Gasteiger partial charge is 0.444 e. The van der Waals surface area contributed by atoms with Gasteiger partial charge in [-0.25, -0.2) is 4.79 Å². The molecule has 0 bridgehead atoms. The lowest BCUT2D eigenvalue weighted by molar-refractivity contribution is -0.142. The zero-order valence-corrected chi connectivity index (χ0v) is 21.4. The van der Waals surface area contributed by atoms with Crippen LogP contribution in [0.3, 0.4) is 0 Å². The van der Waals surface area contributed by atoms with Crippen LogP contribution in [0.25, 0.3) is 0 Å². The highest BCUT2D eigenvalue weighted by atomic mass is 35.5. The summed E-state index contributed by atoms with van der Waals surface area (Å²) in [7, 11) is 0. The molecule has 6 nitrogen and oxygen atoms in total. The van der Waals surface area contributed by atoms with Crippen LogP contribution in [0.2, 0.25) is 10.0 Å². The highest BCUT2D eigenvalue weighted by Gasteiger charge is 2.49. The van der Waals surface area contributed by atoms with Gasteiger partial charge in [0.2, 0.25) is 5.91 Å². The SMILES string of the molecule is CC(C)(C)OC(=O)N1CCN(C(=O)Cc2ccc(Cl)c(Cl)c2)C2C(N3CCCC3)CCCC21. The molecule has 0 aromatic heterocycles. The first kappa shape index (κ1) is 24.6. The van der Waals surface area contributed by atoms with Crippen molar-refractivity contribution in [3.05, 3.63) is 33.8 Å². The zero-order chi connectivity index (χ0) is 23.8. The Kier molecular flexibility index (Phi) is 7.47. The minimum absolute atomic E-state index is 0.0200. The summed E-state index contributed by atoms with van der Waals surface area (Å²) in [6.07, 6.45) is 5.40. The second-order valence-electron chi connectivity index (χ2n) is 10.5. The molecule has 1 saturated carbocycles. The van der Waals surface area contributed by atoms with Crippen molar-refractivity contribution >= 4 is 35.2 Å². The molecule has 8 heteroatoms. The Bertz CT molecular complexity index is 882. The molecule has 3 aliphatic rings. The summed E-state index contributed by atoms with van der Waals surface area (Å²) in [5.41, 5.74) is 0.310. The molecule has 1 aromatic rings. The van der Waals surface area contributed by atoms with Gasteiger partial charge in [0.05, 0.1) is 28.5 Å². The number of rotatable bonds is 3. The summed E-state index contributed by atoms with van der Waals surface area (Å²) in [5, 5.41) is 0.947. The van der Waals surface area contributed by atoms with Gasteiger partial charge in [0.15, 0.2) is 0 Å². The highest BCUT2D eigenvalue weighted by molar-refractivity contribution is 6.42. The maximum absolute atomic E-state index is 13.6. The van der Waals surface area contributed by atoms with E-state index in [1.54, 1.807) is 12.1 Å². The summed E-state index contributed by atoms with van der Waals surface area (Å²) in [4.78, 5) is 33.1. The minimum atomic E-state index is -0.545. The second-order valence-corrected chi connectivity index (χ2v) is 11.3. The van der Waals surface area contributed by atoms with Gasteiger partial charge in [-0.1, -0.05) is 29.3 Å². The van der Waals surface area contributed by atoms with Crippen LogP contribution in [0.4, 0.5) is 4.79 Å². The third-order valence-corrected chi connectivity index (χ3v) is 7.77. The lowest BCUT2D eigenvalue weighted by Gasteiger charge is -2.54. The Morgan fingerprint density at radius 2 is 1.61 bits per heavy atom. The summed E-state index contributed by atoms with van der Waals surface area (Å²) in [6.45, 7) is 8.83. The zero-order valence-electron chi connectivity index (χ0n) is 19.9. The Labute approximate surface area is 207 Å². The predicted molar refractivity (Wildman–Crippen MR) is 131 cm³/mol. The molecular formula is C25H35Cl2N3O3. The molecule has 3 atom stereocenters. The maximum atomic E-state index is 13.6. The van der Waals surface area contributed by atoms with Crippen LogP contribution in [0.15, 0.2) is 18.2 Å². The van der Waals surface area contributed by atoms with Crippen LogP contribution >= 0.6 is 23.2 Å². The van der Waals surface area contributed by atoms with E-state index in [-0.39, 0.29) is 36.5 Å². The number of piperazine rings is 1. The van der Waals surface area contributed by atoms with E-state index in [0.29, 0.717) is 23.1 Å². The number of halogens is 2.